The van der Waals surface area contributed by atoms with Crippen LogP contribution in [0.4, 0.5) is 17.1 Å². The maximum absolute atomic E-state index is 6.46. The van der Waals surface area contributed by atoms with Crippen LogP contribution in [0.15, 0.2) is 192 Å². The third-order valence-electron chi connectivity index (χ3n) is 9.89. The summed E-state index contributed by atoms with van der Waals surface area (Å²) in [7, 11) is 0. The van der Waals surface area contributed by atoms with Gasteiger partial charge in [0.05, 0.1) is 16.1 Å². The Morgan fingerprint density at radius 1 is 0.373 bits per heavy atom. The lowest BCUT2D eigenvalue weighted by molar-refractivity contribution is 0.669. The van der Waals surface area contributed by atoms with Crippen molar-refractivity contribution in [1.29, 1.82) is 0 Å². The summed E-state index contributed by atoms with van der Waals surface area (Å²) in [4.78, 5) is 2.43. The molecule has 0 saturated heterocycles. The van der Waals surface area contributed by atoms with E-state index in [2.05, 4.69) is 181 Å². The van der Waals surface area contributed by atoms with Crippen LogP contribution in [0.5, 0.6) is 0 Å². The number of para-hydroxylation sites is 1. The Hall–Kier alpha value is -6.42. The summed E-state index contributed by atoms with van der Waals surface area (Å²) < 4.78 is 9.00. The van der Waals surface area contributed by atoms with Gasteiger partial charge in [0, 0.05) is 43.6 Å². The fraction of sp³-hybridized carbons (Fsp3) is 0. The number of hydrogen-bond donors (Lipinski definition) is 0. The van der Waals surface area contributed by atoms with Gasteiger partial charge in [-0.3, -0.25) is 0 Å². The number of fused-ring (bicyclic) bond motifs is 6. The maximum Gasteiger partial charge on any atom is 0.137 e. The van der Waals surface area contributed by atoms with E-state index in [0.29, 0.717) is 0 Å². The molecule has 0 spiro atoms. The van der Waals surface area contributed by atoms with Gasteiger partial charge in [-0.25, -0.2) is 0 Å². The van der Waals surface area contributed by atoms with Gasteiger partial charge in [-0.2, -0.15) is 0 Å². The van der Waals surface area contributed by atoms with E-state index in [-0.39, 0.29) is 0 Å². The minimum Gasteiger partial charge on any atom is -0.456 e. The molecule has 0 radical (unpaired) electrons. The lowest BCUT2D eigenvalue weighted by Crippen LogP contribution is -2.11. The van der Waals surface area contributed by atoms with E-state index in [0.717, 1.165) is 50.1 Å². The number of anilines is 3. The van der Waals surface area contributed by atoms with Gasteiger partial charge in [-0.05, 0) is 70.3 Å². The summed E-state index contributed by atoms with van der Waals surface area (Å²) in [6.45, 7) is 0. The first kappa shape index (κ1) is 29.5. The summed E-state index contributed by atoms with van der Waals surface area (Å²) in [6.07, 6.45) is 0. The Balaban J connectivity index is 1.20. The molecular weight excluding hydrogens is 639 g/mol. The quantitative estimate of drug-likeness (QED) is 0.175. The molecule has 0 amide bonds. The van der Waals surface area contributed by atoms with Crippen LogP contribution in [0.1, 0.15) is 0 Å². The van der Waals surface area contributed by atoms with Crippen molar-refractivity contribution in [3.8, 4) is 33.4 Å². The van der Waals surface area contributed by atoms with Crippen LogP contribution in [-0.4, -0.2) is 0 Å². The number of furan rings is 1. The van der Waals surface area contributed by atoms with Crippen LogP contribution in [0, 0.1) is 0 Å². The van der Waals surface area contributed by atoms with Crippen molar-refractivity contribution in [3.05, 3.63) is 188 Å². The molecule has 51 heavy (non-hydrogen) atoms. The molecular formula is C48H31NOS. The third kappa shape index (κ3) is 5.10. The van der Waals surface area contributed by atoms with Crippen molar-refractivity contribution in [2.24, 2.45) is 0 Å². The van der Waals surface area contributed by atoms with E-state index >= 15 is 0 Å². The molecule has 0 saturated carbocycles. The van der Waals surface area contributed by atoms with Gasteiger partial charge in [-0.15, -0.1) is 11.3 Å². The van der Waals surface area contributed by atoms with Gasteiger partial charge >= 0.3 is 0 Å². The Labute approximate surface area is 300 Å². The molecule has 0 aliphatic heterocycles. The summed E-state index contributed by atoms with van der Waals surface area (Å²) in [5.74, 6) is 0. The maximum atomic E-state index is 6.46. The van der Waals surface area contributed by atoms with Crippen LogP contribution < -0.4 is 4.90 Å². The molecule has 2 aromatic heterocycles. The van der Waals surface area contributed by atoms with Crippen LogP contribution in [0.3, 0.4) is 0 Å². The molecule has 0 fully saturated rings. The zero-order valence-corrected chi connectivity index (χ0v) is 28.5. The lowest BCUT2D eigenvalue weighted by atomic mass is 9.95. The highest BCUT2D eigenvalue weighted by molar-refractivity contribution is 7.26. The minimum absolute atomic E-state index is 0.874. The van der Waals surface area contributed by atoms with Gasteiger partial charge in [-0.1, -0.05) is 140 Å². The monoisotopic (exact) mass is 669 g/mol. The van der Waals surface area contributed by atoms with Crippen LogP contribution in [-0.2, 0) is 0 Å². The van der Waals surface area contributed by atoms with E-state index < -0.39 is 0 Å². The van der Waals surface area contributed by atoms with Crippen molar-refractivity contribution in [3.63, 3.8) is 0 Å². The second-order valence-corrected chi connectivity index (χ2v) is 14.0. The Morgan fingerprint density at radius 3 is 1.78 bits per heavy atom. The van der Waals surface area contributed by atoms with E-state index in [9.17, 15) is 0 Å². The topological polar surface area (TPSA) is 16.4 Å². The first-order valence-electron chi connectivity index (χ1n) is 17.3. The standard InChI is InChI=1S/C48H31NOS/c1-3-12-32(13-4-1)33-22-24-34(25-23-33)36-26-29-43(42(30-36)35-14-5-2-6-15-35)49(37-27-28-39-38-16-7-9-20-45(38)50-46(39)31-37)44-19-11-18-41-40-17-8-10-21-47(40)51-48(41)44/h1-31H. The number of rotatable bonds is 6. The first-order chi connectivity index (χ1) is 25.3. The van der Waals surface area contributed by atoms with Crippen LogP contribution >= 0.6 is 11.3 Å². The summed E-state index contributed by atoms with van der Waals surface area (Å²) >= 11 is 1.85. The zero-order valence-electron chi connectivity index (χ0n) is 27.7. The molecule has 8 aromatic carbocycles. The van der Waals surface area contributed by atoms with E-state index in [1.54, 1.807) is 0 Å². The Kier molecular flexibility index (Phi) is 7.04. The highest BCUT2D eigenvalue weighted by Gasteiger charge is 2.22. The lowest BCUT2D eigenvalue weighted by Gasteiger charge is -2.29. The SMILES string of the molecule is c1ccc(-c2ccc(-c3ccc(N(c4ccc5c(c4)oc4ccccc45)c4cccc5c4sc4ccccc45)c(-c4ccccc4)c3)cc2)cc1. The van der Waals surface area contributed by atoms with Crippen LogP contribution in [0.2, 0.25) is 0 Å². The Bertz CT molecular complexity index is 2850. The molecule has 10 aromatic rings. The highest BCUT2D eigenvalue weighted by atomic mass is 32.1. The molecule has 240 valence electrons. The molecule has 0 unspecified atom stereocenters. The largest absolute Gasteiger partial charge is 0.456 e. The summed E-state index contributed by atoms with van der Waals surface area (Å²) in [5, 5.41) is 4.79. The molecule has 0 N–H and O–H groups in total. The van der Waals surface area contributed by atoms with Gasteiger partial charge in [0.1, 0.15) is 11.2 Å². The molecule has 2 heterocycles. The van der Waals surface area contributed by atoms with Gasteiger partial charge in [0.2, 0.25) is 0 Å². The highest BCUT2D eigenvalue weighted by Crippen LogP contribution is 2.48. The molecule has 2 nitrogen and oxygen atoms in total. The number of benzene rings is 8. The average Bonchev–Trinajstić information content (AvgIpc) is 3.78. The normalized spacial score (nSPS) is 11.5. The van der Waals surface area contributed by atoms with Crippen molar-refractivity contribution in [2.45, 2.75) is 0 Å². The second-order valence-electron chi connectivity index (χ2n) is 12.9. The predicted octanol–water partition coefficient (Wildman–Crippen LogP) is 14.4. The number of thiophene rings is 1. The van der Waals surface area contributed by atoms with Crippen molar-refractivity contribution in [1.82, 2.24) is 0 Å². The minimum atomic E-state index is 0.874. The summed E-state index contributed by atoms with van der Waals surface area (Å²) in [6, 6.07) is 67.4. The van der Waals surface area contributed by atoms with Crippen molar-refractivity contribution < 1.29 is 4.42 Å². The van der Waals surface area contributed by atoms with E-state index in [4.69, 9.17) is 4.42 Å². The van der Waals surface area contributed by atoms with Gasteiger partial charge < -0.3 is 9.32 Å². The van der Waals surface area contributed by atoms with Crippen LogP contribution in [0.25, 0.3) is 75.5 Å². The zero-order chi connectivity index (χ0) is 33.7. The Morgan fingerprint density at radius 2 is 0.980 bits per heavy atom. The molecule has 3 heteroatoms. The molecule has 0 aliphatic rings. The molecule has 0 aliphatic carbocycles. The fourth-order valence-electron chi connectivity index (χ4n) is 7.42. The van der Waals surface area contributed by atoms with Gasteiger partial charge in [0.25, 0.3) is 0 Å². The molecule has 10 rings (SSSR count). The average molecular weight is 670 g/mol. The first-order valence-corrected chi connectivity index (χ1v) is 18.1. The smallest absolute Gasteiger partial charge is 0.137 e. The summed E-state index contributed by atoms with van der Waals surface area (Å²) in [5.41, 5.74) is 12.2. The predicted molar refractivity (Wildman–Crippen MR) is 218 cm³/mol. The molecule has 0 bridgehead atoms. The van der Waals surface area contributed by atoms with E-state index in [1.807, 2.05) is 23.5 Å². The fourth-order valence-corrected chi connectivity index (χ4v) is 8.62. The third-order valence-corrected chi connectivity index (χ3v) is 11.1. The van der Waals surface area contributed by atoms with Gasteiger partial charge in [0.15, 0.2) is 0 Å². The second kappa shape index (κ2) is 12.2. The number of hydrogen-bond acceptors (Lipinski definition) is 3. The van der Waals surface area contributed by atoms with Crippen molar-refractivity contribution >= 4 is 70.5 Å². The van der Waals surface area contributed by atoms with Crippen molar-refractivity contribution in [2.75, 3.05) is 4.90 Å². The number of nitrogens with zero attached hydrogens (tertiary/aromatic N) is 1. The van der Waals surface area contributed by atoms with E-state index in [1.165, 1.54) is 42.4 Å². The molecule has 0 atom stereocenters.